The summed E-state index contributed by atoms with van der Waals surface area (Å²) >= 11 is 0. The van der Waals surface area contributed by atoms with Gasteiger partial charge < -0.3 is 25.2 Å². The lowest BCUT2D eigenvalue weighted by Gasteiger charge is -2.13. The van der Waals surface area contributed by atoms with Crippen molar-refractivity contribution in [3.05, 3.63) is 59.7 Å². The highest BCUT2D eigenvalue weighted by molar-refractivity contribution is 5.43. The van der Waals surface area contributed by atoms with Gasteiger partial charge in [0.25, 0.3) is 0 Å². The first-order valence-corrected chi connectivity index (χ1v) is 9.12. The van der Waals surface area contributed by atoms with Gasteiger partial charge in [0.15, 0.2) is 11.5 Å². The third kappa shape index (κ3) is 7.44. The smallest absolute Gasteiger partial charge is 0.161 e. The highest BCUT2D eigenvalue weighted by Gasteiger charge is 2.06. The third-order valence-corrected chi connectivity index (χ3v) is 3.97. The molecule has 2 aromatic carbocycles. The molecule has 0 spiro atoms. The standard InChI is InChI=1S/C21H30N2O3/c1-17(24)15-22-11-12-23-16-19-8-9-20(21(14-19)25-2)26-13-10-18-6-4-3-5-7-18/h3-9,14,17,22-24H,10-13,15-16H2,1-2H3. The van der Waals surface area contributed by atoms with Crippen molar-refractivity contribution in [3.8, 4) is 11.5 Å². The molecule has 0 saturated heterocycles. The molecular formula is C21H30N2O3. The number of benzene rings is 2. The lowest BCUT2D eigenvalue weighted by Crippen LogP contribution is -2.31. The minimum Gasteiger partial charge on any atom is -0.493 e. The first-order valence-electron chi connectivity index (χ1n) is 9.12. The Morgan fingerprint density at radius 1 is 0.962 bits per heavy atom. The summed E-state index contributed by atoms with van der Waals surface area (Å²) in [6.07, 6.45) is 0.556. The Bertz CT molecular complexity index is 632. The van der Waals surface area contributed by atoms with Crippen molar-refractivity contribution in [1.82, 2.24) is 10.6 Å². The average molecular weight is 358 g/mol. The van der Waals surface area contributed by atoms with Gasteiger partial charge in [0.1, 0.15) is 0 Å². The normalized spacial score (nSPS) is 12.0. The topological polar surface area (TPSA) is 62.8 Å². The molecule has 1 atom stereocenters. The molecule has 0 aliphatic carbocycles. The van der Waals surface area contributed by atoms with Crippen LogP contribution in [-0.4, -0.2) is 44.6 Å². The Balaban J connectivity index is 1.75. The van der Waals surface area contributed by atoms with E-state index in [9.17, 15) is 5.11 Å². The van der Waals surface area contributed by atoms with E-state index in [4.69, 9.17) is 9.47 Å². The number of aliphatic hydroxyl groups is 1. The number of methoxy groups -OCH3 is 1. The van der Waals surface area contributed by atoms with Crippen LogP contribution in [0, 0.1) is 0 Å². The van der Waals surface area contributed by atoms with Crippen molar-refractivity contribution in [2.24, 2.45) is 0 Å². The Kier molecular flexibility index (Phi) is 8.96. The van der Waals surface area contributed by atoms with Crippen LogP contribution >= 0.6 is 0 Å². The van der Waals surface area contributed by atoms with Crippen molar-refractivity contribution >= 4 is 0 Å². The summed E-state index contributed by atoms with van der Waals surface area (Å²) in [5, 5.41) is 15.7. The summed E-state index contributed by atoms with van der Waals surface area (Å²) in [4.78, 5) is 0. The second-order valence-corrected chi connectivity index (χ2v) is 6.30. The molecule has 142 valence electrons. The van der Waals surface area contributed by atoms with E-state index in [0.29, 0.717) is 13.2 Å². The monoisotopic (exact) mass is 358 g/mol. The van der Waals surface area contributed by atoms with Crippen LogP contribution in [0.3, 0.4) is 0 Å². The summed E-state index contributed by atoms with van der Waals surface area (Å²) < 4.78 is 11.4. The molecule has 0 fully saturated rings. The fourth-order valence-electron chi connectivity index (χ4n) is 2.59. The lowest BCUT2D eigenvalue weighted by molar-refractivity contribution is 0.191. The maximum atomic E-state index is 9.19. The molecule has 0 heterocycles. The van der Waals surface area contributed by atoms with Crippen molar-refractivity contribution in [2.75, 3.05) is 33.4 Å². The highest BCUT2D eigenvalue weighted by Crippen LogP contribution is 2.28. The zero-order chi connectivity index (χ0) is 18.6. The molecule has 2 aromatic rings. The maximum Gasteiger partial charge on any atom is 0.161 e. The first-order chi connectivity index (χ1) is 12.7. The molecule has 5 heteroatoms. The number of rotatable bonds is 12. The highest BCUT2D eigenvalue weighted by atomic mass is 16.5. The van der Waals surface area contributed by atoms with Gasteiger partial charge in [-0.25, -0.2) is 0 Å². The van der Waals surface area contributed by atoms with Crippen LogP contribution in [0.15, 0.2) is 48.5 Å². The van der Waals surface area contributed by atoms with Gasteiger partial charge in [0.05, 0.1) is 19.8 Å². The molecule has 2 rings (SSSR count). The van der Waals surface area contributed by atoms with Gasteiger partial charge in [-0.1, -0.05) is 36.4 Å². The van der Waals surface area contributed by atoms with Gasteiger partial charge in [-0.2, -0.15) is 0 Å². The predicted molar refractivity (Wildman–Crippen MR) is 105 cm³/mol. The molecule has 0 aliphatic rings. The summed E-state index contributed by atoms with van der Waals surface area (Å²) in [5.41, 5.74) is 2.41. The van der Waals surface area contributed by atoms with E-state index < -0.39 is 0 Å². The van der Waals surface area contributed by atoms with E-state index in [0.717, 1.165) is 43.1 Å². The predicted octanol–water partition coefficient (Wildman–Crippen LogP) is 2.38. The fraction of sp³-hybridized carbons (Fsp3) is 0.429. The van der Waals surface area contributed by atoms with Crippen LogP contribution in [0.25, 0.3) is 0 Å². The SMILES string of the molecule is COc1cc(CNCCNCC(C)O)ccc1OCCc1ccccc1. The minimum absolute atomic E-state index is 0.311. The van der Waals surface area contributed by atoms with Crippen molar-refractivity contribution in [3.63, 3.8) is 0 Å². The van der Waals surface area contributed by atoms with E-state index in [-0.39, 0.29) is 6.10 Å². The van der Waals surface area contributed by atoms with Gasteiger partial charge in [-0.3, -0.25) is 0 Å². The molecule has 0 bridgehead atoms. The van der Waals surface area contributed by atoms with Gasteiger partial charge in [0.2, 0.25) is 0 Å². The van der Waals surface area contributed by atoms with Crippen LogP contribution in [0.1, 0.15) is 18.1 Å². The summed E-state index contributed by atoms with van der Waals surface area (Å²) in [5.74, 6) is 1.52. The van der Waals surface area contributed by atoms with Gasteiger partial charge in [-0.05, 0) is 30.2 Å². The molecule has 0 saturated carbocycles. The number of hydrogen-bond acceptors (Lipinski definition) is 5. The van der Waals surface area contributed by atoms with E-state index in [1.165, 1.54) is 5.56 Å². The van der Waals surface area contributed by atoms with Crippen molar-refractivity contribution in [1.29, 1.82) is 0 Å². The summed E-state index contributed by atoms with van der Waals surface area (Å²) in [7, 11) is 1.66. The number of hydrogen-bond donors (Lipinski definition) is 3. The van der Waals surface area contributed by atoms with E-state index in [2.05, 4.69) is 28.8 Å². The van der Waals surface area contributed by atoms with Crippen molar-refractivity contribution in [2.45, 2.75) is 26.0 Å². The zero-order valence-electron chi connectivity index (χ0n) is 15.7. The van der Waals surface area contributed by atoms with E-state index in [1.54, 1.807) is 14.0 Å². The van der Waals surface area contributed by atoms with Crippen LogP contribution in [0.4, 0.5) is 0 Å². The maximum absolute atomic E-state index is 9.19. The molecule has 26 heavy (non-hydrogen) atoms. The summed E-state index contributed by atoms with van der Waals surface area (Å²) in [6.45, 7) is 5.43. The lowest BCUT2D eigenvalue weighted by atomic mass is 10.1. The molecule has 5 nitrogen and oxygen atoms in total. The molecule has 0 amide bonds. The van der Waals surface area contributed by atoms with Gasteiger partial charge in [-0.15, -0.1) is 0 Å². The molecule has 0 aliphatic heterocycles. The second-order valence-electron chi connectivity index (χ2n) is 6.30. The fourth-order valence-corrected chi connectivity index (χ4v) is 2.59. The second kappa shape index (κ2) is 11.5. The molecule has 0 aromatic heterocycles. The van der Waals surface area contributed by atoms with E-state index in [1.807, 2.05) is 30.3 Å². The average Bonchev–Trinajstić information content (AvgIpc) is 2.66. The van der Waals surface area contributed by atoms with Gasteiger partial charge >= 0.3 is 0 Å². The van der Waals surface area contributed by atoms with Crippen LogP contribution in [-0.2, 0) is 13.0 Å². The Hall–Kier alpha value is -2.08. The number of aliphatic hydroxyl groups excluding tert-OH is 1. The Morgan fingerprint density at radius 3 is 2.46 bits per heavy atom. The number of ether oxygens (including phenoxy) is 2. The van der Waals surface area contributed by atoms with Crippen LogP contribution in [0.5, 0.6) is 11.5 Å². The molecule has 1 unspecified atom stereocenters. The molecule has 0 radical (unpaired) electrons. The third-order valence-electron chi connectivity index (χ3n) is 3.97. The first kappa shape index (κ1) is 20.2. The van der Waals surface area contributed by atoms with Gasteiger partial charge in [0, 0.05) is 32.6 Å². The minimum atomic E-state index is -0.311. The number of nitrogens with one attached hydrogen (secondary N) is 2. The molecule has 3 N–H and O–H groups in total. The largest absolute Gasteiger partial charge is 0.493 e. The zero-order valence-corrected chi connectivity index (χ0v) is 15.7. The van der Waals surface area contributed by atoms with Crippen molar-refractivity contribution < 1.29 is 14.6 Å². The van der Waals surface area contributed by atoms with Crippen LogP contribution < -0.4 is 20.1 Å². The Morgan fingerprint density at radius 2 is 1.73 bits per heavy atom. The van der Waals surface area contributed by atoms with Crippen LogP contribution in [0.2, 0.25) is 0 Å². The Labute approximate surface area is 156 Å². The molecular weight excluding hydrogens is 328 g/mol. The van der Waals surface area contributed by atoms with E-state index >= 15 is 0 Å². The quantitative estimate of drug-likeness (QED) is 0.509. The summed E-state index contributed by atoms with van der Waals surface area (Å²) in [6, 6.07) is 16.3.